The summed E-state index contributed by atoms with van der Waals surface area (Å²) in [5.74, 6) is 0.622. The van der Waals surface area contributed by atoms with Crippen molar-refractivity contribution in [3.05, 3.63) is 82.0 Å². The van der Waals surface area contributed by atoms with E-state index in [-0.39, 0.29) is 17.7 Å². The van der Waals surface area contributed by atoms with Crippen LogP contribution in [0.2, 0.25) is 10.0 Å². The van der Waals surface area contributed by atoms with E-state index < -0.39 is 9.84 Å². The van der Waals surface area contributed by atoms with Crippen molar-refractivity contribution in [1.29, 1.82) is 0 Å². The number of methoxy groups -OCH3 is 1. The molecule has 12 heteroatoms. The first-order valence-electron chi connectivity index (χ1n) is 14.7. The molecule has 0 unspecified atom stereocenters. The highest BCUT2D eigenvalue weighted by molar-refractivity contribution is 7.91. The lowest BCUT2D eigenvalue weighted by molar-refractivity contribution is -0.119. The summed E-state index contributed by atoms with van der Waals surface area (Å²) in [5.41, 5.74) is 5.43. The number of carbonyl (C=O) groups is 1. The molecule has 45 heavy (non-hydrogen) atoms. The van der Waals surface area contributed by atoms with Crippen LogP contribution in [0.1, 0.15) is 24.0 Å². The van der Waals surface area contributed by atoms with E-state index in [1.54, 1.807) is 25.4 Å². The minimum absolute atomic E-state index is 0.0555. The number of pyridine rings is 2. The van der Waals surface area contributed by atoms with Crippen LogP contribution >= 0.6 is 23.2 Å². The number of carbonyl (C=O) groups excluding carboxylic acids is 1. The highest BCUT2D eigenvalue weighted by atomic mass is 35.5. The first-order valence-corrected chi connectivity index (χ1v) is 17.1. The molecule has 1 saturated heterocycles. The first-order chi connectivity index (χ1) is 21.6. The zero-order valence-corrected chi connectivity index (χ0v) is 27.3. The van der Waals surface area contributed by atoms with E-state index in [2.05, 4.69) is 15.6 Å². The van der Waals surface area contributed by atoms with Crippen LogP contribution in [0.5, 0.6) is 5.88 Å². The van der Waals surface area contributed by atoms with E-state index in [0.29, 0.717) is 87.1 Å². The Labute approximate surface area is 272 Å². The summed E-state index contributed by atoms with van der Waals surface area (Å²) in [6.45, 7) is 2.22. The van der Waals surface area contributed by atoms with Gasteiger partial charge in [0.05, 0.1) is 39.2 Å². The van der Waals surface area contributed by atoms with Crippen LogP contribution in [0.3, 0.4) is 0 Å². The first kappa shape index (κ1) is 31.4. The second-order valence-electron chi connectivity index (χ2n) is 11.4. The zero-order valence-electron chi connectivity index (χ0n) is 24.9. The van der Waals surface area contributed by atoms with E-state index in [4.69, 9.17) is 32.9 Å². The molecule has 2 aromatic carbocycles. The molecule has 2 N–H and O–H groups in total. The van der Waals surface area contributed by atoms with Crippen molar-refractivity contribution >= 4 is 38.9 Å². The molecule has 0 radical (unpaired) electrons. The second-order valence-corrected chi connectivity index (χ2v) is 14.2. The summed E-state index contributed by atoms with van der Waals surface area (Å²) in [4.78, 5) is 23.1. The third kappa shape index (κ3) is 6.57. The fourth-order valence-electron chi connectivity index (χ4n) is 5.81. The number of rotatable bonds is 8. The van der Waals surface area contributed by atoms with Crippen LogP contribution in [0.4, 0.5) is 0 Å². The second kappa shape index (κ2) is 13.1. The predicted octanol–water partition coefficient (Wildman–Crippen LogP) is 5.38. The van der Waals surface area contributed by atoms with Gasteiger partial charge in [-0.2, -0.15) is 0 Å². The number of hydrogen-bond acceptors (Lipinski definition) is 8. The third-order valence-electron chi connectivity index (χ3n) is 8.24. The lowest BCUT2D eigenvalue weighted by Crippen LogP contribution is -2.35. The third-order valence-corrected chi connectivity index (χ3v) is 10.8. The summed E-state index contributed by atoms with van der Waals surface area (Å²) < 4.78 is 31.7. The Morgan fingerprint density at radius 3 is 2.64 bits per heavy atom. The minimum atomic E-state index is -3.45. The Hall–Kier alpha value is -3.54. The van der Waals surface area contributed by atoms with Gasteiger partial charge in [0.1, 0.15) is 0 Å². The lowest BCUT2D eigenvalue weighted by atomic mass is 9.99. The van der Waals surface area contributed by atoms with E-state index >= 15 is 0 Å². The number of ether oxygens (including phenoxy) is 1. The van der Waals surface area contributed by atoms with Crippen molar-refractivity contribution in [3.63, 3.8) is 0 Å². The van der Waals surface area contributed by atoms with Crippen molar-refractivity contribution in [2.24, 2.45) is 0 Å². The number of halogens is 2. The molecule has 1 amide bonds. The van der Waals surface area contributed by atoms with Gasteiger partial charge in [-0.25, -0.2) is 13.4 Å². The van der Waals surface area contributed by atoms with Gasteiger partial charge in [0, 0.05) is 72.7 Å². The number of nitrogens with one attached hydrogen (secondary N) is 2. The molecule has 6 rings (SSSR count). The maximum Gasteiger partial charge on any atom is 0.220 e. The van der Waals surface area contributed by atoms with Crippen molar-refractivity contribution in [1.82, 2.24) is 25.5 Å². The van der Waals surface area contributed by atoms with Gasteiger partial charge in [-0.3, -0.25) is 9.78 Å². The molecule has 4 aromatic rings. The molecule has 0 bridgehead atoms. The van der Waals surface area contributed by atoms with Gasteiger partial charge in [-0.15, -0.1) is 0 Å². The topological polar surface area (TPSA) is 114 Å². The predicted molar refractivity (Wildman–Crippen MR) is 176 cm³/mol. The normalized spacial score (nSPS) is 17.9. The van der Waals surface area contributed by atoms with Crippen LogP contribution in [0, 0.1) is 0 Å². The smallest absolute Gasteiger partial charge is 0.220 e. The van der Waals surface area contributed by atoms with Gasteiger partial charge in [-0.1, -0.05) is 59.6 Å². The Bertz CT molecular complexity index is 1890. The van der Waals surface area contributed by atoms with Gasteiger partial charge in [0.25, 0.3) is 0 Å². The van der Waals surface area contributed by atoms with Crippen LogP contribution in [-0.2, 0) is 27.7 Å². The summed E-state index contributed by atoms with van der Waals surface area (Å²) in [5, 5.41) is 7.16. The zero-order chi connectivity index (χ0) is 31.7. The standard InChI is InChI=1S/C33H33Cl2N5O4S/c1-40-14-15-45(42,43)28-16-20(6-7-22(28)19-40)32-31(35)25(12-13-37-32)24-4-3-5-26(30(24)34)27-10-8-21(33(39-27)44-2)17-36-18-23-9-11-29(41)38-23/h3-8,10,12-13,16,23,36H,9,11,14-15,17-19H2,1-2H3,(H,38,41)/t23-/m0/s1. The van der Waals surface area contributed by atoms with Crippen molar-refractivity contribution in [2.75, 3.05) is 33.0 Å². The number of aromatic nitrogens is 2. The molecule has 0 spiro atoms. The Kier molecular flexibility index (Phi) is 9.12. The molecular formula is C33H33Cl2N5O4S. The van der Waals surface area contributed by atoms with Gasteiger partial charge >= 0.3 is 0 Å². The van der Waals surface area contributed by atoms with E-state index in [9.17, 15) is 13.2 Å². The summed E-state index contributed by atoms with van der Waals surface area (Å²) in [6, 6.07) is 16.8. The Morgan fingerprint density at radius 1 is 1.07 bits per heavy atom. The molecule has 0 saturated carbocycles. The molecule has 9 nitrogen and oxygen atoms in total. The van der Waals surface area contributed by atoms with Crippen LogP contribution in [-0.4, -0.2) is 68.2 Å². The van der Waals surface area contributed by atoms with Crippen LogP contribution < -0.4 is 15.4 Å². The number of fused-ring (bicyclic) bond motifs is 1. The largest absolute Gasteiger partial charge is 0.481 e. The summed E-state index contributed by atoms with van der Waals surface area (Å²) in [6.07, 6.45) is 3.03. The highest BCUT2D eigenvalue weighted by Crippen LogP contribution is 2.42. The van der Waals surface area contributed by atoms with Crippen LogP contribution in [0.25, 0.3) is 33.6 Å². The quantitative estimate of drug-likeness (QED) is 0.258. The molecular weight excluding hydrogens is 633 g/mol. The van der Waals surface area contributed by atoms with E-state index in [1.807, 2.05) is 54.4 Å². The van der Waals surface area contributed by atoms with Crippen LogP contribution in [0.15, 0.2) is 65.7 Å². The van der Waals surface area contributed by atoms with Crippen molar-refractivity contribution < 1.29 is 17.9 Å². The lowest BCUT2D eigenvalue weighted by Gasteiger charge is -2.16. The average Bonchev–Trinajstić information content (AvgIpc) is 3.40. The van der Waals surface area contributed by atoms with Crippen molar-refractivity contribution in [3.8, 4) is 39.5 Å². The molecule has 4 heterocycles. The van der Waals surface area contributed by atoms with Gasteiger partial charge in [0.15, 0.2) is 9.84 Å². The SMILES string of the molecule is COc1nc(-c2cccc(-c3ccnc(-c4ccc5c(c4)S(=O)(=O)CCN(C)C5)c3Cl)c2Cl)ccc1CNC[C@@H]1CCC(=O)N1. The molecule has 1 atom stereocenters. The van der Waals surface area contributed by atoms with Gasteiger partial charge in [0.2, 0.25) is 11.8 Å². The maximum absolute atomic E-state index is 13.1. The fraction of sp³-hybridized carbons (Fsp3) is 0.303. The highest BCUT2D eigenvalue weighted by Gasteiger charge is 2.26. The molecule has 2 aliphatic rings. The van der Waals surface area contributed by atoms with Gasteiger partial charge in [-0.05, 0) is 37.2 Å². The average molecular weight is 667 g/mol. The van der Waals surface area contributed by atoms with Gasteiger partial charge < -0.3 is 20.3 Å². The summed E-state index contributed by atoms with van der Waals surface area (Å²) in [7, 11) is 0.0412. The van der Waals surface area contributed by atoms with Crippen molar-refractivity contribution in [2.45, 2.75) is 36.9 Å². The molecule has 2 aromatic heterocycles. The monoisotopic (exact) mass is 665 g/mol. The Morgan fingerprint density at radius 2 is 1.87 bits per heavy atom. The fourth-order valence-corrected chi connectivity index (χ4v) is 8.07. The molecule has 2 aliphatic heterocycles. The molecule has 1 fully saturated rings. The number of hydrogen-bond donors (Lipinski definition) is 2. The minimum Gasteiger partial charge on any atom is -0.481 e. The molecule has 0 aliphatic carbocycles. The number of sulfone groups is 1. The molecule has 234 valence electrons. The summed E-state index contributed by atoms with van der Waals surface area (Å²) >= 11 is 14.0. The Balaban J connectivity index is 1.30. The number of benzene rings is 2. The number of nitrogens with zero attached hydrogens (tertiary/aromatic N) is 3. The number of amides is 1. The van der Waals surface area contributed by atoms with E-state index in [1.165, 1.54) is 0 Å². The van der Waals surface area contributed by atoms with E-state index in [0.717, 1.165) is 17.5 Å². The maximum atomic E-state index is 13.1.